The van der Waals surface area contributed by atoms with E-state index in [2.05, 4.69) is 49.5 Å². The SMILES string of the molecule is CCS(=O)(=O)NCCCNC(=NC)NCc1ccc(CN2CCCCC2)cc1.I. The fourth-order valence-corrected chi connectivity index (χ4v) is 3.83. The first-order valence-electron chi connectivity index (χ1n) is 10.2. The van der Waals surface area contributed by atoms with Crippen LogP contribution in [0.25, 0.3) is 0 Å². The van der Waals surface area contributed by atoms with Gasteiger partial charge in [-0.05, 0) is 50.4 Å². The van der Waals surface area contributed by atoms with Gasteiger partial charge >= 0.3 is 0 Å². The van der Waals surface area contributed by atoms with Gasteiger partial charge in [-0.25, -0.2) is 13.1 Å². The van der Waals surface area contributed by atoms with E-state index in [1.54, 1.807) is 14.0 Å². The number of nitrogens with zero attached hydrogens (tertiary/aromatic N) is 2. The van der Waals surface area contributed by atoms with Gasteiger partial charge in [-0.3, -0.25) is 9.89 Å². The van der Waals surface area contributed by atoms with Crippen LogP contribution in [-0.4, -0.2) is 58.3 Å². The van der Waals surface area contributed by atoms with Crippen molar-refractivity contribution in [2.24, 2.45) is 4.99 Å². The van der Waals surface area contributed by atoms with Crippen LogP contribution in [-0.2, 0) is 23.1 Å². The molecule has 0 aromatic heterocycles. The highest BCUT2D eigenvalue weighted by Crippen LogP contribution is 2.13. The Bertz CT molecular complexity index is 704. The smallest absolute Gasteiger partial charge is 0.211 e. The number of guanidine groups is 1. The molecule has 0 aliphatic carbocycles. The van der Waals surface area contributed by atoms with Gasteiger partial charge in [0.15, 0.2) is 5.96 Å². The zero-order valence-electron chi connectivity index (χ0n) is 17.6. The van der Waals surface area contributed by atoms with E-state index < -0.39 is 10.0 Å². The van der Waals surface area contributed by atoms with Crippen molar-refractivity contribution in [2.75, 3.05) is 39.0 Å². The Kier molecular flexibility index (Phi) is 12.8. The molecule has 0 spiro atoms. The lowest BCUT2D eigenvalue weighted by molar-refractivity contribution is 0.221. The second-order valence-electron chi connectivity index (χ2n) is 7.16. The molecule has 0 bridgehead atoms. The maximum absolute atomic E-state index is 11.4. The summed E-state index contributed by atoms with van der Waals surface area (Å²) < 4.78 is 25.3. The van der Waals surface area contributed by atoms with E-state index >= 15 is 0 Å². The third-order valence-electron chi connectivity index (χ3n) is 4.91. The first-order chi connectivity index (χ1) is 13.5. The Balaban J connectivity index is 0.00000420. The molecule has 0 atom stereocenters. The molecule has 7 nitrogen and oxygen atoms in total. The molecule has 1 aromatic rings. The lowest BCUT2D eigenvalue weighted by atomic mass is 10.1. The molecule has 1 heterocycles. The van der Waals surface area contributed by atoms with E-state index in [0.29, 0.717) is 26.1 Å². The maximum atomic E-state index is 11.4. The van der Waals surface area contributed by atoms with Crippen molar-refractivity contribution in [1.82, 2.24) is 20.3 Å². The van der Waals surface area contributed by atoms with Crippen molar-refractivity contribution in [3.8, 4) is 0 Å². The Morgan fingerprint density at radius 1 is 1.03 bits per heavy atom. The topological polar surface area (TPSA) is 85.8 Å². The standard InChI is InChI=1S/C20H35N5O2S.HI/c1-3-28(26,27)24-13-7-12-22-20(21-2)23-16-18-8-10-19(11-9-18)17-25-14-5-4-6-15-25;/h8-11,24H,3-7,12-17H2,1-2H3,(H2,21,22,23);1H. The molecule has 3 N–H and O–H groups in total. The second kappa shape index (κ2) is 14.2. The number of nitrogens with one attached hydrogen (secondary N) is 3. The summed E-state index contributed by atoms with van der Waals surface area (Å²) in [5.74, 6) is 0.830. The van der Waals surface area contributed by atoms with E-state index in [9.17, 15) is 8.42 Å². The Hall–Kier alpha value is -0.910. The molecule has 1 fully saturated rings. The lowest BCUT2D eigenvalue weighted by Crippen LogP contribution is -2.38. The molecule has 2 rings (SSSR count). The monoisotopic (exact) mass is 537 g/mol. The average Bonchev–Trinajstić information content (AvgIpc) is 2.72. The summed E-state index contributed by atoms with van der Waals surface area (Å²) >= 11 is 0. The highest BCUT2D eigenvalue weighted by molar-refractivity contribution is 14.0. The van der Waals surface area contributed by atoms with Crippen LogP contribution < -0.4 is 15.4 Å². The van der Waals surface area contributed by atoms with Crippen LogP contribution in [0.5, 0.6) is 0 Å². The normalized spacial score (nSPS) is 15.6. The van der Waals surface area contributed by atoms with Crippen LogP contribution in [0.4, 0.5) is 0 Å². The Labute approximate surface area is 193 Å². The van der Waals surface area contributed by atoms with Crippen molar-refractivity contribution >= 4 is 40.0 Å². The molecule has 1 aliphatic heterocycles. The zero-order valence-corrected chi connectivity index (χ0v) is 20.8. The van der Waals surface area contributed by atoms with Crippen LogP contribution in [0.15, 0.2) is 29.3 Å². The second-order valence-corrected chi connectivity index (χ2v) is 9.25. The van der Waals surface area contributed by atoms with E-state index in [0.717, 1.165) is 12.5 Å². The van der Waals surface area contributed by atoms with Crippen LogP contribution in [0.1, 0.15) is 43.7 Å². The zero-order chi connectivity index (χ0) is 20.2. The number of rotatable bonds is 10. The predicted molar refractivity (Wildman–Crippen MR) is 131 cm³/mol. The molecule has 0 amide bonds. The van der Waals surface area contributed by atoms with E-state index in [1.807, 2.05) is 0 Å². The van der Waals surface area contributed by atoms with Gasteiger partial charge in [-0.1, -0.05) is 30.7 Å². The van der Waals surface area contributed by atoms with Crippen molar-refractivity contribution in [2.45, 2.75) is 45.7 Å². The molecule has 166 valence electrons. The molecule has 1 saturated heterocycles. The molecule has 1 aliphatic rings. The van der Waals surface area contributed by atoms with Gasteiger partial charge in [0.2, 0.25) is 10.0 Å². The van der Waals surface area contributed by atoms with E-state index in [-0.39, 0.29) is 29.7 Å². The number of benzene rings is 1. The summed E-state index contributed by atoms with van der Waals surface area (Å²) in [6.07, 6.45) is 4.70. The number of halogens is 1. The van der Waals surface area contributed by atoms with Crippen LogP contribution >= 0.6 is 24.0 Å². The van der Waals surface area contributed by atoms with Crippen molar-refractivity contribution < 1.29 is 8.42 Å². The summed E-state index contributed by atoms with van der Waals surface area (Å²) in [5, 5.41) is 6.50. The summed E-state index contributed by atoms with van der Waals surface area (Å²) in [6.45, 7) is 6.88. The Morgan fingerprint density at radius 2 is 1.69 bits per heavy atom. The molecule has 9 heteroatoms. The van der Waals surface area contributed by atoms with Crippen molar-refractivity contribution in [1.29, 1.82) is 0 Å². The lowest BCUT2D eigenvalue weighted by Gasteiger charge is -2.26. The summed E-state index contributed by atoms with van der Waals surface area (Å²) in [6, 6.07) is 8.75. The van der Waals surface area contributed by atoms with E-state index in [4.69, 9.17) is 0 Å². The summed E-state index contributed by atoms with van der Waals surface area (Å²) in [5.41, 5.74) is 2.57. The maximum Gasteiger partial charge on any atom is 0.211 e. The average molecular weight is 538 g/mol. The number of hydrogen-bond donors (Lipinski definition) is 3. The van der Waals surface area contributed by atoms with Crippen molar-refractivity contribution in [3.63, 3.8) is 0 Å². The van der Waals surface area contributed by atoms with Gasteiger partial charge in [-0.2, -0.15) is 0 Å². The van der Waals surface area contributed by atoms with Gasteiger partial charge in [-0.15, -0.1) is 24.0 Å². The highest BCUT2D eigenvalue weighted by atomic mass is 127. The third-order valence-corrected chi connectivity index (χ3v) is 6.31. The van der Waals surface area contributed by atoms with Crippen molar-refractivity contribution in [3.05, 3.63) is 35.4 Å². The van der Waals surface area contributed by atoms with Gasteiger partial charge in [0.25, 0.3) is 0 Å². The minimum atomic E-state index is -3.11. The highest BCUT2D eigenvalue weighted by Gasteiger charge is 2.10. The fraction of sp³-hybridized carbons (Fsp3) is 0.650. The number of hydrogen-bond acceptors (Lipinski definition) is 4. The minimum absolute atomic E-state index is 0. The Morgan fingerprint density at radius 3 is 2.31 bits per heavy atom. The largest absolute Gasteiger partial charge is 0.356 e. The van der Waals surface area contributed by atoms with Gasteiger partial charge < -0.3 is 10.6 Å². The summed E-state index contributed by atoms with van der Waals surface area (Å²) in [7, 11) is -1.38. The molecule has 29 heavy (non-hydrogen) atoms. The molecule has 0 saturated carbocycles. The van der Waals surface area contributed by atoms with Crippen LogP contribution in [0.3, 0.4) is 0 Å². The predicted octanol–water partition coefficient (Wildman–Crippen LogP) is 2.28. The quantitative estimate of drug-likeness (QED) is 0.185. The van der Waals surface area contributed by atoms with Crippen LogP contribution in [0.2, 0.25) is 0 Å². The van der Waals surface area contributed by atoms with Gasteiger partial charge in [0.1, 0.15) is 0 Å². The number of aliphatic imine (C=N–C) groups is 1. The van der Waals surface area contributed by atoms with Gasteiger partial charge in [0.05, 0.1) is 5.75 Å². The minimum Gasteiger partial charge on any atom is -0.356 e. The summed E-state index contributed by atoms with van der Waals surface area (Å²) in [4.78, 5) is 6.74. The molecular weight excluding hydrogens is 501 g/mol. The molecular formula is C20H36IN5O2S. The molecule has 0 unspecified atom stereocenters. The first kappa shape index (κ1) is 26.1. The number of piperidine rings is 1. The number of sulfonamides is 1. The van der Waals surface area contributed by atoms with Crippen LogP contribution in [0, 0.1) is 0 Å². The van der Waals surface area contributed by atoms with E-state index in [1.165, 1.54) is 43.5 Å². The van der Waals surface area contributed by atoms with Gasteiger partial charge in [0, 0.05) is 33.2 Å². The molecule has 0 radical (unpaired) electrons. The first-order valence-corrected chi connectivity index (χ1v) is 11.9. The third kappa shape index (κ3) is 10.6. The number of likely N-dealkylation sites (tertiary alicyclic amines) is 1. The fourth-order valence-electron chi connectivity index (χ4n) is 3.17. The molecule has 1 aromatic carbocycles.